The van der Waals surface area contributed by atoms with Gasteiger partial charge in [-0.15, -0.1) is 11.3 Å². The van der Waals surface area contributed by atoms with Crippen molar-refractivity contribution in [3.63, 3.8) is 0 Å². The third kappa shape index (κ3) is 5.31. The molecular weight excluding hydrogens is 348 g/mol. The molecule has 6 nitrogen and oxygen atoms in total. The summed E-state index contributed by atoms with van der Waals surface area (Å²) in [5.41, 5.74) is 2.85. The lowest BCUT2D eigenvalue weighted by molar-refractivity contribution is -0.131. The molecule has 0 amide bonds. The van der Waals surface area contributed by atoms with Crippen LogP contribution in [0.1, 0.15) is 30.7 Å². The molecule has 0 saturated carbocycles. The van der Waals surface area contributed by atoms with E-state index >= 15 is 0 Å². The number of anilines is 1. The molecule has 0 saturated heterocycles. The van der Waals surface area contributed by atoms with Gasteiger partial charge in [-0.05, 0) is 43.9 Å². The summed E-state index contributed by atoms with van der Waals surface area (Å²) in [5, 5.41) is 2.25. The molecule has 1 aromatic heterocycles. The van der Waals surface area contributed by atoms with E-state index in [-0.39, 0.29) is 11.7 Å². The first kappa shape index (κ1) is 18.4. The summed E-state index contributed by atoms with van der Waals surface area (Å²) in [6, 6.07) is 5.68. The lowest BCUT2D eigenvalue weighted by Gasteiger charge is -2.07. The number of sulfonamides is 1. The van der Waals surface area contributed by atoms with E-state index < -0.39 is 10.0 Å². The van der Waals surface area contributed by atoms with Gasteiger partial charge in [-0.3, -0.25) is 9.52 Å². The van der Waals surface area contributed by atoms with Gasteiger partial charge in [0.25, 0.3) is 0 Å². The van der Waals surface area contributed by atoms with E-state index in [1.807, 2.05) is 24.4 Å². The average Bonchev–Trinajstić information content (AvgIpc) is 2.94. The molecule has 2 rings (SSSR count). The average molecular weight is 368 g/mol. The van der Waals surface area contributed by atoms with Crippen LogP contribution in [0.15, 0.2) is 23.6 Å². The summed E-state index contributed by atoms with van der Waals surface area (Å²) in [6.45, 7) is 4.85. The Kier molecular flexibility index (Phi) is 5.95. The minimum atomic E-state index is -3.29. The summed E-state index contributed by atoms with van der Waals surface area (Å²) in [4.78, 5) is 15.3. The van der Waals surface area contributed by atoms with Crippen molar-refractivity contribution in [1.29, 1.82) is 0 Å². The van der Waals surface area contributed by atoms with Crippen LogP contribution in [0.5, 0.6) is 5.75 Å². The van der Waals surface area contributed by atoms with Gasteiger partial charge in [0, 0.05) is 12.3 Å². The third-order valence-electron chi connectivity index (χ3n) is 3.34. The van der Waals surface area contributed by atoms with E-state index in [2.05, 4.69) is 9.71 Å². The molecule has 0 aliphatic carbocycles. The second-order valence-electron chi connectivity index (χ2n) is 5.34. The Labute approximate surface area is 145 Å². The summed E-state index contributed by atoms with van der Waals surface area (Å²) < 4.78 is 30.6. The van der Waals surface area contributed by atoms with Crippen LogP contribution in [-0.4, -0.2) is 25.1 Å². The van der Waals surface area contributed by atoms with Gasteiger partial charge in [-0.1, -0.05) is 12.1 Å². The Balaban J connectivity index is 1.98. The molecule has 0 aliphatic heterocycles. The van der Waals surface area contributed by atoms with E-state index in [9.17, 15) is 13.2 Å². The minimum Gasteiger partial charge on any atom is -0.426 e. The molecule has 1 heterocycles. The number of hydrogen-bond donors (Lipinski definition) is 1. The van der Waals surface area contributed by atoms with Crippen LogP contribution < -0.4 is 9.46 Å². The molecule has 1 aromatic carbocycles. The molecule has 0 fully saturated rings. The minimum absolute atomic E-state index is 0.0237. The number of aromatic nitrogens is 1. The number of nitrogens with zero attached hydrogens (tertiary/aromatic N) is 1. The van der Waals surface area contributed by atoms with Crippen LogP contribution in [0.3, 0.4) is 0 Å². The molecule has 0 radical (unpaired) electrons. The summed E-state index contributed by atoms with van der Waals surface area (Å²) in [5.74, 6) is 0.252. The molecular formula is C16H20N2O4S2. The summed E-state index contributed by atoms with van der Waals surface area (Å²) in [7, 11) is -3.29. The number of rotatable bonds is 7. The third-order valence-corrected chi connectivity index (χ3v) is 5.54. The predicted molar refractivity (Wildman–Crippen MR) is 95.1 cm³/mol. The number of thiazole rings is 1. The molecule has 2 aromatic rings. The van der Waals surface area contributed by atoms with Crippen molar-refractivity contribution in [2.24, 2.45) is 0 Å². The first-order valence-corrected chi connectivity index (χ1v) is 10.0. The monoisotopic (exact) mass is 368 g/mol. The lowest BCUT2D eigenvalue weighted by Crippen LogP contribution is -2.14. The molecule has 24 heavy (non-hydrogen) atoms. The van der Waals surface area contributed by atoms with Crippen LogP contribution in [-0.2, 0) is 27.7 Å². The molecule has 0 spiro atoms. The molecule has 0 bridgehead atoms. The Morgan fingerprint density at radius 3 is 2.71 bits per heavy atom. The molecule has 130 valence electrons. The van der Waals surface area contributed by atoms with Crippen LogP contribution >= 0.6 is 11.3 Å². The Hall–Kier alpha value is -1.93. The van der Waals surface area contributed by atoms with Crippen molar-refractivity contribution in [3.05, 3.63) is 40.4 Å². The Morgan fingerprint density at radius 1 is 1.33 bits per heavy atom. The molecule has 0 unspecified atom stereocenters. The maximum absolute atomic E-state index is 11.5. The first-order chi connectivity index (χ1) is 11.3. The zero-order chi connectivity index (χ0) is 17.7. The predicted octanol–water partition coefficient (Wildman–Crippen LogP) is 2.92. The van der Waals surface area contributed by atoms with Crippen molar-refractivity contribution in [3.8, 4) is 5.75 Å². The highest BCUT2D eigenvalue weighted by Gasteiger charge is 2.10. The van der Waals surface area contributed by atoms with Gasteiger partial charge >= 0.3 is 5.97 Å². The number of carbonyl (C=O) groups excluding carboxylic acids is 1. The summed E-state index contributed by atoms with van der Waals surface area (Å²) in [6.07, 6.45) is 1.47. The van der Waals surface area contributed by atoms with Crippen LogP contribution in [0.4, 0.5) is 5.13 Å². The second kappa shape index (κ2) is 7.76. The van der Waals surface area contributed by atoms with E-state index in [1.165, 1.54) is 18.3 Å². The number of hydrogen-bond acceptors (Lipinski definition) is 6. The van der Waals surface area contributed by atoms with Crippen molar-refractivity contribution < 1.29 is 17.9 Å². The van der Waals surface area contributed by atoms with Crippen LogP contribution in [0.25, 0.3) is 0 Å². The van der Waals surface area contributed by atoms with Gasteiger partial charge in [0.1, 0.15) is 5.75 Å². The fraction of sp³-hybridized carbons (Fsp3) is 0.375. The second-order valence-corrected chi connectivity index (χ2v) is 8.21. The fourth-order valence-corrected chi connectivity index (χ4v) is 3.70. The normalized spacial score (nSPS) is 11.3. The number of ether oxygens (including phenoxy) is 1. The number of benzene rings is 1. The number of aryl methyl sites for hydroxylation is 3. The van der Waals surface area contributed by atoms with E-state index in [0.29, 0.717) is 17.3 Å². The van der Waals surface area contributed by atoms with E-state index in [4.69, 9.17) is 4.74 Å². The zero-order valence-corrected chi connectivity index (χ0v) is 15.5. The standard InChI is InChI=1S/C16H20N2O4S2/c1-4-24(20,21)18-16-17-14(10-23-16)7-5-13-6-8-15(11(2)9-13)22-12(3)19/h6,8-10H,4-5,7H2,1-3H3,(H,17,18). The van der Waals surface area contributed by atoms with Gasteiger partial charge in [-0.25, -0.2) is 13.4 Å². The fourth-order valence-electron chi connectivity index (χ4n) is 2.08. The highest BCUT2D eigenvalue weighted by Crippen LogP contribution is 2.22. The van der Waals surface area contributed by atoms with Gasteiger partial charge in [-0.2, -0.15) is 0 Å². The molecule has 0 aliphatic rings. The van der Waals surface area contributed by atoms with Gasteiger partial charge in [0.2, 0.25) is 10.0 Å². The largest absolute Gasteiger partial charge is 0.426 e. The number of carbonyl (C=O) groups is 1. The van der Waals surface area contributed by atoms with Crippen molar-refractivity contribution in [2.75, 3.05) is 10.5 Å². The van der Waals surface area contributed by atoms with Gasteiger partial charge in [0.15, 0.2) is 5.13 Å². The maximum atomic E-state index is 11.5. The highest BCUT2D eigenvalue weighted by molar-refractivity contribution is 7.92. The van der Waals surface area contributed by atoms with E-state index in [0.717, 1.165) is 23.2 Å². The highest BCUT2D eigenvalue weighted by atomic mass is 32.2. The maximum Gasteiger partial charge on any atom is 0.308 e. The van der Waals surface area contributed by atoms with Crippen molar-refractivity contribution in [1.82, 2.24) is 4.98 Å². The molecule has 8 heteroatoms. The van der Waals surface area contributed by atoms with Crippen molar-refractivity contribution in [2.45, 2.75) is 33.6 Å². The topological polar surface area (TPSA) is 85.4 Å². The SMILES string of the molecule is CCS(=O)(=O)Nc1nc(CCc2ccc(OC(C)=O)c(C)c2)cs1. The van der Waals surface area contributed by atoms with Crippen LogP contribution in [0.2, 0.25) is 0 Å². The van der Waals surface area contributed by atoms with Crippen LogP contribution in [0, 0.1) is 6.92 Å². The lowest BCUT2D eigenvalue weighted by atomic mass is 10.1. The summed E-state index contributed by atoms with van der Waals surface area (Å²) >= 11 is 1.28. The first-order valence-electron chi connectivity index (χ1n) is 7.52. The van der Waals surface area contributed by atoms with Gasteiger partial charge in [0.05, 0.1) is 11.4 Å². The van der Waals surface area contributed by atoms with Gasteiger partial charge < -0.3 is 4.74 Å². The Morgan fingerprint density at radius 2 is 2.08 bits per heavy atom. The van der Waals surface area contributed by atoms with E-state index in [1.54, 1.807) is 13.0 Å². The Bertz CT molecular complexity index is 828. The molecule has 0 atom stereocenters. The van der Waals surface area contributed by atoms with Crippen molar-refractivity contribution >= 4 is 32.5 Å². The zero-order valence-electron chi connectivity index (χ0n) is 13.8. The number of nitrogens with one attached hydrogen (secondary N) is 1. The molecule has 1 N–H and O–H groups in total. The number of esters is 1. The smallest absolute Gasteiger partial charge is 0.308 e. The quantitative estimate of drug-likeness (QED) is 0.600.